The Hall–Kier alpha value is -2.82. The van der Waals surface area contributed by atoms with Crippen LogP contribution in [0.15, 0.2) is 29.5 Å². The second kappa shape index (κ2) is 7.83. The number of aryl methyl sites for hydroxylation is 1. The Morgan fingerprint density at radius 1 is 1.48 bits per heavy atom. The summed E-state index contributed by atoms with van der Waals surface area (Å²) in [6, 6.07) is 0.537. The number of hydrogen-bond donors (Lipinski definition) is 3. The van der Waals surface area contributed by atoms with Crippen LogP contribution in [0, 0.1) is 6.92 Å². The number of aromatic nitrogens is 2. The average Bonchev–Trinajstić information content (AvgIpc) is 2.54. The van der Waals surface area contributed by atoms with Crippen molar-refractivity contribution in [3.8, 4) is 5.88 Å². The minimum Gasteiger partial charge on any atom is -0.481 e. The average molecular weight is 369 g/mol. The van der Waals surface area contributed by atoms with Crippen molar-refractivity contribution in [2.45, 2.75) is 13.3 Å². The standard InChI is InChI=1S/C14H19N5O5S/c1-4-10(12-15-6-5-7-24-12)25(21,22)19-14(20)18-13-16-9(2)8-11(17-13)23-3/h4,8,15H,1,5-7H2,2-3H3,(H2,16,17,18,19,20)/b12-10-. The van der Waals surface area contributed by atoms with E-state index >= 15 is 0 Å². The van der Waals surface area contributed by atoms with Gasteiger partial charge in [-0.25, -0.2) is 22.9 Å². The second-order valence-corrected chi connectivity index (χ2v) is 6.61. The molecule has 1 aromatic heterocycles. The first-order valence-electron chi connectivity index (χ1n) is 7.32. The number of hydrogen-bond acceptors (Lipinski definition) is 8. The maximum atomic E-state index is 12.4. The molecule has 0 radical (unpaired) electrons. The van der Waals surface area contributed by atoms with Crippen molar-refractivity contribution in [2.24, 2.45) is 0 Å². The summed E-state index contributed by atoms with van der Waals surface area (Å²) in [6.07, 6.45) is 1.84. The van der Waals surface area contributed by atoms with Gasteiger partial charge < -0.3 is 14.8 Å². The molecule has 10 nitrogen and oxygen atoms in total. The molecule has 1 aromatic rings. The lowest BCUT2D eigenvalue weighted by Crippen LogP contribution is -2.37. The van der Waals surface area contributed by atoms with Crippen molar-refractivity contribution >= 4 is 22.0 Å². The molecule has 0 saturated carbocycles. The number of ether oxygens (including phenoxy) is 2. The first kappa shape index (κ1) is 18.5. The molecule has 25 heavy (non-hydrogen) atoms. The van der Waals surface area contributed by atoms with Gasteiger partial charge in [0, 0.05) is 18.3 Å². The monoisotopic (exact) mass is 369 g/mol. The highest BCUT2D eigenvalue weighted by molar-refractivity contribution is 7.94. The van der Waals surface area contributed by atoms with Gasteiger partial charge in [-0.2, -0.15) is 4.98 Å². The summed E-state index contributed by atoms with van der Waals surface area (Å²) < 4.78 is 36.8. The Balaban J connectivity index is 2.15. The number of allylic oxidation sites excluding steroid dienone is 1. The van der Waals surface area contributed by atoms with E-state index in [1.54, 1.807) is 13.0 Å². The number of sulfonamides is 1. The van der Waals surface area contributed by atoms with Gasteiger partial charge in [0.05, 0.1) is 13.7 Å². The molecule has 0 bridgehead atoms. The molecule has 1 aliphatic rings. The molecule has 0 aliphatic carbocycles. The van der Waals surface area contributed by atoms with E-state index < -0.39 is 16.1 Å². The van der Waals surface area contributed by atoms with Crippen LogP contribution in [0.5, 0.6) is 5.88 Å². The number of carbonyl (C=O) groups excluding carboxylic acids is 1. The van der Waals surface area contributed by atoms with E-state index in [4.69, 9.17) is 9.47 Å². The molecule has 136 valence electrons. The SMILES string of the molecule is C=C/C(=C1\NCCCO1)S(=O)(=O)NC(=O)Nc1nc(C)cc(OC)n1. The van der Waals surface area contributed by atoms with Gasteiger partial charge in [0.25, 0.3) is 10.0 Å². The number of nitrogens with zero attached hydrogens (tertiary/aromatic N) is 2. The molecule has 0 atom stereocenters. The third kappa shape index (κ3) is 4.83. The predicted molar refractivity (Wildman–Crippen MR) is 90.2 cm³/mol. The lowest BCUT2D eigenvalue weighted by molar-refractivity contribution is 0.156. The lowest BCUT2D eigenvalue weighted by Gasteiger charge is -2.20. The highest BCUT2D eigenvalue weighted by Gasteiger charge is 2.25. The van der Waals surface area contributed by atoms with Crippen molar-refractivity contribution < 1.29 is 22.7 Å². The van der Waals surface area contributed by atoms with E-state index in [0.717, 1.165) is 12.5 Å². The Kier molecular flexibility index (Phi) is 5.80. The highest BCUT2D eigenvalue weighted by atomic mass is 32.2. The van der Waals surface area contributed by atoms with Gasteiger partial charge in [0.2, 0.25) is 17.7 Å². The fraction of sp³-hybridized carbons (Fsp3) is 0.357. The smallest absolute Gasteiger partial charge is 0.335 e. The second-order valence-electron chi connectivity index (χ2n) is 4.96. The van der Waals surface area contributed by atoms with E-state index in [-0.39, 0.29) is 22.6 Å². The summed E-state index contributed by atoms with van der Waals surface area (Å²) in [5, 5.41) is 5.06. The highest BCUT2D eigenvalue weighted by Crippen LogP contribution is 2.15. The van der Waals surface area contributed by atoms with Crippen LogP contribution in [0.25, 0.3) is 0 Å². The minimum absolute atomic E-state index is 0.0509. The molecule has 0 aromatic carbocycles. The van der Waals surface area contributed by atoms with Crippen LogP contribution in [0.4, 0.5) is 10.7 Å². The van der Waals surface area contributed by atoms with Gasteiger partial charge in [0.15, 0.2) is 0 Å². The third-order valence-electron chi connectivity index (χ3n) is 3.04. The zero-order valence-corrected chi connectivity index (χ0v) is 14.6. The molecule has 2 heterocycles. The molecule has 11 heteroatoms. The van der Waals surface area contributed by atoms with Crippen LogP contribution in [0.2, 0.25) is 0 Å². The summed E-state index contributed by atoms with van der Waals surface area (Å²) in [5.74, 6) is 0.193. The van der Waals surface area contributed by atoms with E-state index in [1.807, 2.05) is 4.72 Å². The molecule has 0 unspecified atom stereocenters. The number of carbonyl (C=O) groups is 1. The Morgan fingerprint density at radius 3 is 2.84 bits per heavy atom. The number of methoxy groups -OCH3 is 1. The number of anilines is 1. The van der Waals surface area contributed by atoms with Crippen molar-refractivity contribution in [1.82, 2.24) is 20.0 Å². The van der Waals surface area contributed by atoms with Gasteiger partial charge in [-0.05, 0) is 19.4 Å². The molecular formula is C14H19N5O5S. The molecule has 1 aliphatic heterocycles. The zero-order valence-electron chi connectivity index (χ0n) is 13.8. The minimum atomic E-state index is -4.19. The van der Waals surface area contributed by atoms with Gasteiger partial charge in [0.1, 0.15) is 4.91 Å². The lowest BCUT2D eigenvalue weighted by atomic mass is 10.4. The predicted octanol–water partition coefficient (Wildman–Crippen LogP) is 0.610. The largest absolute Gasteiger partial charge is 0.481 e. The van der Waals surface area contributed by atoms with Crippen molar-refractivity contribution in [3.63, 3.8) is 0 Å². The van der Waals surface area contributed by atoms with Gasteiger partial charge >= 0.3 is 6.03 Å². The van der Waals surface area contributed by atoms with Crippen LogP contribution in [0.3, 0.4) is 0 Å². The summed E-state index contributed by atoms with van der Waals surface area (Å²) >= 11 is 0. The van der Waals surface area contributed by atoms with Gasteiger partial charge in [-0.1, -0.05) is 6.58 Å². The van der Waals surface area contributed by atoms with E-state index in [2.05, 4.69) is 27.2 Å². The molecule has 2 rings (SSSR count). The van der Waals surface area contributed by atoms with Crippen LogP contribution >= 0.6 is 0 Å². The van der Waals surface area contributed by atoms with Crippen molar-refractivity contribution in [1.29, 1.82) is 0 Å². The summed E-state index contributed by atoms with van der Waals surface area (Å²) in [7, 11) is -2.78. The van der Waals surface area contributed by atoms with Gasteiger partial charge in [-0.15, -0.1) is 0 Å². The summed E-state index contributed by atoms with van der Waals surface area (Å²) in [4.78, 5) is 19.6. The molecule has 1 fully saturated rings. The quantitative estimate of drug-likeness (QED) is 0.688. The normalized spacial score (nSPS) is 16.1. The van der Waals surface area contributed by atoms with Crippen LogP contribution in [0.1, 0.15) is 12.1 Å². The number of nitrogens with one attached hydrogen (secondary N) is 3. The fourth-order valence-electron chi connectivity index (χ4n) is 1.99. The molecule has 3 N–H and O–H groups in total. The molecule has 1 saturated heterocycles. The Labute approximate surface area is 145 Å². The van der Waals surface area contributed by atoms with E-state index in [0.29, 0.717) is 18.8 Å². The topological polar surface area (TPSA) is 132 Å². The Bertz CT molecular complexity index is 798. The summed E-state index contributed by atoms with van der Waals surface area (Å²) in [5.41, 5.74) is 0.540. The number of amides is 2. The van der Waals surface area contributed by atoms with Crippen LogP contribution < -0.4 is 20.1 Å². The van der Waals surface area contributed by atoms with Crippen molar-refractivity contribution in [2.75, 3.05) is 25.6 Å². The summed E-state index contributed by atoms with van der Waals surface area (Å²) in [6.45, 7) is 6.07. The maximum Gasteiger partial charge on any atom is 0.335 e. The third-order valence-corrected chi connectivity index (χ3v) is 4.43. The van der Waals surface area contributed by atoms with E-state index in [9.17, 15) is 13.2 Å². The van der Waals surface area contributed by atoms with Crippen LogP contribution in [-0.4, -0.2) is 44.7 Å². The van der Waals surface area contributed by atoms with E-state index in [1.165, 1.54) is 7.11 Å². The molecule has 0 spiro atoms. The zero-order chi connectivity index (χ0) is 18.4. The molecule has 2 amide bonds. The van der Waals surface area contributed by atoms with Gasteiger partial charge in [-0.3, -0.25) is 5.32 Å². The maximum absolute atomic E-state index is 12.4. The number of urea groups is 1. The van der Waals surface area contributed by atoms with Crippen molar-refractivity contribution in [3.05, 3.63) is 35.2 Å². The number of rotatable bonds is 5. The first-order chi connectivity index (χ1) is 11.9. The molecular weight excluding hydrogens is 350 g/mol. The Morgan fingerprint density at radius 2 is 2.24 bits per heavy atom. The first-order valence-corrected chi connectivity index (χ1v) is 8.81. The fourth-order valence-corrected chi connectivity index (χ4v) is 2.99. The van der Waals surface area contributed by atoms with Crippen LogP contribution in [-0.2, 0) is 14.8 Å².